The highest BCUT2D eigenvalue weighted by Crippen LogP contribution is 2.28. The molecule has 0 aliphatic heterocycles. The first-order chi connectivity index (χ1) is 9.31. The first-order valence-corrected chi connectivity index (χ1v) is 7.01. The second kappa shape index (κ2) is 4.99. The monoisotopic (exact) mass is 270 g/mol. The quantitative estimate of drug-likeness (QED) is 0.720. The first-order valence-electron chi connectivity index (χ1n) is 6.20. The van der Waals surface area contributed by atoms with Crippen LogP contribution in [0.15, 0.2) is 47.3 Å². The molecular formula is C15H14N2OS. The molecule has 1 heterocycles. The van der Waals surface area contributed by atoms with Crippen molar-refractivity contribution in [2.24, 2.45) is 5.73 Å². The third-order valence-electron chi connectivity index (χ3n) is 3.06. The van der Waals surface area contributed by atoms with Gasteiger partial charge >= 0.3 is 0 Å². The highest BCUT2D eigenvalue weighted by molar-refractivity contribution is 7.24. The molecule has 0 atom stereocenters. The van der Waals surface area contributed by atoms with E-state index >= 15 is 0 Å². The molecule has 3 nitrogen and oxygen atoms in total. The number of benzene rings is 2. The zero-order valence-corrected chi connectivity index (χ0v) is 11.2. The summed E-state index contributed by atoms with van der Waals surface area (Å²) in [5.74, 6) is 0. The summed E-state index contributed by atoms with van der Waals surface area (Å²) in [7, 11) is 0. The molecule has 0 radical (unpaired) electrons. The predicted molar refractivity (Wildman–Crippen MR) is 83.1 cm³/mol. The summed E-state index contributed by atoms with van der Waals surface area (Å²) in [6.07, 6.45) is 0. The van der Waals surface area contributed by atoms with Crippen molar-refractivity contribution in [3.8, 4) is 0 Å². The molecule has 2 aromatic carbocycles. The average molecular weight is 270 g/mol. The van der Waals surface area contributed by atoms with Crippen LogP contribution in [0, 0.1) is 0 Å². The zero-order valence-electron chi connectivity index (χ0n) is 10.3. The lowest BCUT2D eigenvalue weighted by atomic mass is 10.1. The van der Waals surface area contributed by atoms with E-state index in [2.05, 4.69) is 5.32 Å². The molecule has 96 valence electrons. The minimum Gasteiger partial charge on any atom is -0.383 e. The second-order valence-corrected chi connectivity index (χ2v) is 5.41. The van der Waals surface area contributed by atoms with Crippen LogP contribution >= 0.6 is 11.3 Å². The number of rotatable bonds is 3. The second-order valence-electron chi connectivity index (χ2n) is 4.32. The van der Waals surface area contributed by atoms with E-state index in [0.29, 0.717) is 13.1 Å². The Bertz CT molecular complexity index is 795. The van der Waals surface area contributed by atoms with Gasteiger partial charge in [0.15, 0.2) is 5.43 Å². The van der Waals surface area contributed by atoms with Gasteiger partial charge < -0.3 is 11.1 Å². The highest BCUT2D eigenvalue weighted by atomic mass is 32.1. The molecular weight excluding hydrogens is 256 g/mol. The van der Waals surface area contributed by atoms with E-state index in [4.69, 9.17) is 5.73 Å². The lowest BCUT2D eigenvalue weighted by Crippen LogP contribution is -2.14. The minimum atomic E-state index is 0.0875. The molecule has 0 aliphatic rings. The Balaban J connectivity index is 2.36. The van der Waals surface area contributed by atoms with Crippen LogP contribution in [-0.2, 0) is 0 Å². The number of nitrogens with one attached hydrogen (secondary N) is 1. The van der Waals surface area contributed by atoms with Gasteiger partial charge in [-0.3, -0.25) is 4.79 Å². The Kier molecular flexibility index (Phi) is 3.19. The Morgan fingerprint density at radius 2 is 1.84 bits per heavy atom. The van der Waals surface area contributed by atoms with Crippen molar-refractivity contribution in [1.29, 1.82) is 0 Å². The van der Waals surface area contributed by atoms with E-state index in [1.54, 1.807) is 11.3 Å². The molecule has 0 amide bonds. The van der Waals surface area contributed by atoms with Crippen LogP contribution in [0.3, 0.4) is 0 Å². The number of fused-ring (bicyclic) bond motifs is 2. The van der Waals surface area contributed by atoms with Gasteiger partial charge in [0, 0.05) is 33.6 Å². The summed E-state index contributed by atoms with van der Waals surface area (Å²) < 4.78 is 2.03. The number of nitrogens with two attached hydrogens (primary N) is 1. The summed E-state index contributed by atoms with van der Waals surface area (Å²) in [6.45, 7) is 1.21. The van der Waals surface area contributed by atoms with Gasteiger partial charge in [-0.25, -0.2) is 0 Å². The summed E-state index contributed by atoms with van der Waals surface area (Å²) in [5, 5.41) is 4.77. The van der Waals surface area contributed by atoms with Gasteiger partial charge in [-0.1, -0.05) is 18.2 Å². The van der Waals surface area contributed by atoms with Crippen LogP contribution in [-0.4, -0.2) is 13.1 Å². The van der Waals surface area contributed by atoms with Crippen LogP contribution in [0.4, 0.5) is 5.69 Å². The third kappa shape index (κ3) is 2.09. The van der Waals surface area contributed by atoms with Crippen molar-refractivity contribution in [2.75, 3.05) is 18.4 Å². The van der Waals surface area contributed by atoms with Crippen LogP contribution in [0.25, 0.3) is 20.2 Å². The molecule has 0 unspecified atom stereocenters. The van der Waals surface area contributed by atoms with Gasteiger partial charge in [0.1, 0.15) is 0 Å². The average Bonchev–Trinajstić information content (AvgIpc) is 2.45. The lowest BCUT2D eigenvalue weighted by Gasteiger charge is -2.08. The number of anilines is 1. The van der Waals surface area contributed by atoms with Crippen molar-refractivity contribution >= 4 is 37.2 Å². The van der Waals surface area contributed by atoms with Gasteiger partial charge in [0.2, 0.25) is 0 Å². The molecule has 3 N–H and O–H groups in total. The van der Waals surface area contributed by atoms with Crippen molar-refractivity contribution in [3.05, 3.63) is 52.7 Å². The molecule has 3 aromatic rings. The predicted octanol–water partition coefficient (Wildman–Crippen LogP) is 2.79. The molecule has 0 spiro atoms. The van der Waals surface area contributed by atoms with Crippen molar-refractivity contribution < 1.29 is 0 Å². The molecule has 0 aliphatic carbocycles. The molecule has 0 saturated heterocycles. The van der Waals surface area contributed by atoms with Crippen molar-refractivity contribution in [3.63, 3.8) is 0 Å². The van der Waals surface area contributed by atoms with E-state index in [1.165, 1.54) is 0 Å². The zero-order chi connectivity index (χ0) is 13.2. The molecule has 0 bridgehead atoms. The maximum atomic E-state index is 12.6. The Morgan fingerprint density at radius 3 is 2.68 bits per heavy atom. The SMILES string of the molecule is NCCNc1cccc2sc3ccccc3c(=O)c12. The Morgan fingerprint density at radius 1 is 1.05 bits per heavy atom. The molecule has 19 heavy (non-hydrogen) atoms. The highest BCUT2D eigenvalue weighted by Gasteiger charge is 2.09. The van der Waals surface area contributed by atoms with Gasteiger partial charge in [0.25, 0.3) is 0 Å². The lowest BCUT2D eigenvalue weighted by molar-refractivity contribution is 1.03. The van der Waals surface area contributed by atoms with Gasteiger partial charge in [-0.2, -0.15) is 0 Å². The topological polar surface area (TPSA) is 55.1 Å². The largest absolute Gasteiger partial charge is 0.383 e. The summed E-state index contributed by atoms with van der Waals surface area (Å²) in [4.78, 5) is 12.6. The summed E-state index contributed by atoms with van der Waals surface area (Å²) in [6, 6.07) is 13.6. The standard InChI is InChI=1S/C15H14N2OS/c16-8-9-17-11-5-3-7-13-14(11)15(18)10-4-1-2-6-12(10)19-13/h1-7,17H,8-9,16H2. The van der Waals surface area contributed by atoms with Crippen LogP contribution in [0.1, 0.15) is 0 Å². The van der Waals surface area contributed by atoms with E-state index in [1.807, 2.05) is 42.5 Å². The van der Waals surface area contributed by atoms with Crippen molar-refractivity contribution in [1.82, 2.24) is 0 Å². The molecule has 3 rings (SSSR count). The third-order valence-corrected chi connectivity index (χ3v) is 4.20. The van der Waals surface area contributed by atoms with Gasteiger partial charge in [0.05, 0.1) is 5.39 Å². The fraction of sp³-hybridized carbons (Fsp3) is 0.133. The maximum Gasteiger partial charge on any atom is 0.197 e. The van der Waals surface area contributed by atoms with Crippen LogP contribution in [0.5, 0.6) is 0 Å². The van der Waals surface area contributed by atoms with E-state index in [9.17, 15) is 4.79 Å². The smallest absolute Gasteiger partial charge is 0.197 e. The van der Waals surface area contributed by atoms with Crippen molar-refractivity contribution in [2.45, 2.75) is 0 Å². The van der Waals surface area contributed by atoms with E-state index < -0.39 is 0 Å². The Labute approximate surface area is 114 Å². The summed E-state index contributed by atoms with van der Waals surface area (Å²) >= 11 is 1.64. The van der Waals surface area contributed by atoms with E-state index in [-0.39, 0.29) is 5.43 Å². The molecule has 0 saturated carbocycles. The Hall–Kier alpha value is -1.91. The molecule has 0 fully saturated rings. The summed E-state index contributed by atoms with van der Waals surface area (Å²) in [5.41, 5.74) is 6.47. The fourth-order valence-electron chi connectivity index (χ4n) is 2.20. The molecule has 1 aromatic heterocycles. The van der Waals surface area contributed by atoms with Gasteiger partial charge in [-0.05, 0) is 24.3 Å². The van der Waals surface area contributed by atoms with Crippen LogP contribution < -0.4 is 16.5 Å². The normalized spacial score (nSPS) is 11.0. The number of hydrogen-bond acceptors (Lipinski definition) is 4. The van der Waals surface area contributed by atoms with E-state index in [0.717, 1.165) is 25.9 Å². The van der Waals surface area contributed by atoms with Gasteiger partial charge in [-0.15, -0.1) is 11.3 Å². The van der Waals surface area contributed by atoms with Crippen LogP contribution in [0.2, 0.25) is 0 Å². The number of hydrogen-bond donors (Lipinski definition) is 2. The maximum absolute atomic E-state index is 12.6. The first kappa shape index (κ1) is 12.1. The minimum absolute atomic E-state index is 0.0875. The fourth-order valence-corrected chi connectivity index (χ4v) is 3.31. The molecule has 4 heteroatoms.